The fraction of sp³-hybridized carbons (Fsp3) is 0.0588. The van der Waals surface area contributed by atoms with Gasteiger partial charge in [-0.05, 0) is 48.9 Å². The van der Waals surface area contributed by atoms with Crippen LogP contribution in [0.5, 0.6) is 0 Å². The minimum Gasteiger partial charge on any atom is -0.350 e. The van der Waals surface area contributed by atoms with Crippen LogP contribution >= 0.6 is 39.1 Å². The summed E-state index contributed by atoms with van der Waals surface area (Å²) in [6, 6.07) is 12.1. The van der Waals surface area contributed by atoms with Gasteiger partial charge in [0.1, 0.15) is 10.7 Å². The summed E-state index contributed by atoms with van der Waals surface area (Å²) >= 11 is 15.5. The third-order valence-electron chi connectivity index (χ3n) is 3.55. The zero-order valence-electron chi connectivity index (χ0n) is 12.4. The highest BCUT2D eigenvalue weighted by Crippen LogP contribution is 2.32. The van der Waals surface area contributed by atoms with Gasteiger partial charge in [-0.3, -0.25) is 9.59 Å². The highest BCUT2D eigenvalue weighted by molar-refractivity contribution is 9.10. The molecule has 0 saturated carbocycles. The van der Waals surface area contributed by atoms with E-state index in [1.807, 2.05) is 19.1 Å². The summed E-state index contributed by atoms with van der Waals surface area (Å²) in [5.74, 6) is -1.10. The van der Waals surface area contributed by atoms with Crippen molar-refractivity contribution in [3.63, 3.8) is 0 Å². The van der Waals surface area contributed by atoms with E-state index in [0.29, 0.717) is 16.4 Å². The third kappa shape index (κ3) is 3.07. The standard InChI is InChI=1S/C17H11BrCl2N2O2/c1-9-2-7-12(8-13(9)19)22-16(23)14(20)15(17(22)24)21-11-5-3-10(18)4-6-11/h2-8,21H,1H3. The number of amides is 2. The van der Waals surface area contributed by atoms with Crippen molar-refractivity contribution in [3.8, 4) is 0 Å². The summed E-state index contributed by atoms with van der Waals surface area (Å²) in [7, 11) is 0. The Morgan fingerprint density at radius 2 is 1.67 bits per heavy atom. The van der Waals surface area contributed by atoms with Crippen molar-refractivity contribution >= 4 is 62.3 Å². The number of anilines is 2. The van der Waals surface area contributed by atoms with Gasteiger partial charge in [0.15, 0.2) is 0 Å². The summed E-state index contributed by atoms with van der Waals surface area (Å²) in [5.41, 5.74) is 1.93. The molecule has 24 heavy (non-hydrogen) atoms. The van der Waals surface area contributed by atoms with Crippen LogP contribution in [0.2, 0.25) is 5.02 Å². The summed E-state index contributed by atoms with van der Waals surface area (Å²) in [6.07, 6.45) is 0. The number of aryl methyl sites for hydroxylation is 1. The van der Waals surface area contributed by atoms with Gasteiger partial charge in [-0.15, -0.1) is 0 Å². The van der Waals surface area contributed by atoms with Gasteiger partial charge in [0.05, 0.1) is 5.69 Å². The Hall–Kier alpha value is -1.82. The molecule has 1 aliphatic heterocycles. The molecule has 0 bridgehead atoms. The Bertz CT molecular complexity index is 879. The number of carbonyl (C=O) groups excluding carboxylic acids is 2. The molecular formula is C17H11BrCl2N2O2. The average Bonchev–Trinajstić information content (AvgIpc) is 2.76. The second kappa shape index (κ2) is 6.59. The molecular weight excluding hydrogens is 415 g/mol. The highest BCUT2D eigenvalue weighted by Gasteiger charge is 2.39. The van der Waals surface area contributed by atoms with Crippen LogP contribution in [0.4, 0.5) is 11.4 Å². The number of hydrogen-bond acceptors (Lipinski definition) is 3. The minimum atomic E-state index is -0.582. The van der Waals surface area contributed by atoms with E-state index >= 15 is 0 Å². The molecule has 1 N–H and O–H groups in total. The molecule has 3 rings (SSSR count). The second-order valence-corrected chi connectivity index (χ2v) is 6.90. The Morgan fingerprint density at radius 3 is 2.29 bits per heavy atom. The lowest BCUT2D eigenvalue weighted by Crippen LogP contribution is -2.32. The molecule has 0 unspecified atom stereocenters. The van der Waals surface area contributed by atoms with Crippen LogP contribution in [0.3, 0.4) is 0 Å². The van der Waals surface area contributed by atoms with Crippen molar-refractivity contribution in [2.75, 3.05) is 10.2 Å². The summed E-state index contributed by atoms with van der Waals surface area (Å²) in [6.45, 7) is 1.84. The van der Waals surface area contributed by atoms with E-state index in [9.17, 15) is 9.59 Å². The number of rotatable bonds is 3. The monoisotopic (exact) mass is 424 g/mol. The molecule has 7 heteroatoms. The molecule has 1 heterocycles. The fourth-order valence-electron chi connectivity index (χ4n) is 2.24. The van der Waals surface area contributed by atoms with E-state index in [-0.39, 0.29) is 10.7 Å². The van der Waals surface area contributed by atoms with E-state index in [0.717, 1.165) is 14.9 Å². The van der Waals surface area contributed by atoms with Crippen molar-refractivity contribution in [1.29, 1.82) is 0 Å². The number of halogens is 3. The molecule has 2 amide bonds. The first-order valence-corrected chi connectivity index (χ1v) is 8.50. The fourth-order valence-corrected chi connectivity index (χ4v) is 2.90. The van der Waals surface area contributed by atoms with Gasteiger partial charge in [-0.2, -0.15) is 0 Å². The van der Waals surface area contributed by atoms with Gasteiger partial charge in [0.2, 0.25) is 0 Å². The lowest BCUT2D eigenvalue weighted by molar-refractivity contribution is -0.120. The molecule has 0 spiro atoms. The molecule has 0 fully saturated rings. The number of benzene rings is 2. The van der Waals surface area contributed by atoms with Gasteiger partial charge < -0.3 is 5.32 Å². The number of nitrogens with one attached hydrogen (secondary N) is 1. The zero-order chi connectivity index (χ0) is 17.4. The van der Waals surface area contributed by atoms with Gasteiger partial charge >= 0.3 is 0 Å². The SMILES string of the molecule is Cc1ccc(N2C(=O)C(Cl)=C(Nc3ccc(Br)cc3)C2=O)cc1Cl. The van der Waals surface area contributed by atoms with Gasteiger partial charge in [0, 0.05) is 15.2 Å². The van der Waals surface area contributed by atoms with Gasteiger partial charge in [-0.1, -0.05) is 45.2 Å². The molecule has 2 aromatic carbocycles. The quantitative estimate of drug-likeness (QED) is 0.715. The molecule has 0 atom stereocenters. The number of imide groups is 1. The van der Waals surface area contributed by atoms with Crippen molar-refractivity contribution in [1.82, 2.24) is 0 Å². The maximum atomic E-state index is 12.6. The van der Waals surface area contributed by atoms with Crippen LogP contribution in [-0.2, 0) is 9.59 Å². The summed E-state index contributed by atoms with van der Waals surface area (Å²) in [4.78, 5) is 26.0. The van der Waals surface area contributed by atoms with Crippen molar-refractivity contribution < 1.29 is 9.59 Å². The van der Waals surface area contributed by atoms with E-state index in [1.165, 1.54) is 0 Å². The lowest BCUT2D eigenvalue weighted by Gasteiger charge is -2.16. The van der Waals surface area contributed by atoms with Crippen LogP contribution < -0.4 is 10.2 Å². The van der Waals surface area contributed by atoms with Gasteiger partial charge in [0.25, 0.3) is 11.8 Å². The largest absolute Gasteiger partial charge is 0.350 e. The first-order valence-electron chi connectivity index (χ1n) is 6.96. The van der Waals surface area contributed by atoms with Crippen LogP contribution in [-0.4, -0.2) is 11.8 Å². The van der Waals surface area contributed by atoms with Crippen LogP contribution in [0, 0.1) is 6.92 Å². The first-order chi connectivity index (χ1) is 11.4. The van der Waals surface area contributed by atoms with E-state index in [1.54, 1.807) is 30.3 Å². The van der Waals surface area contributed by atoms with Crippen LogP contribution in [0.15, 0.2) is 57.7 Å². The van der Waals surface area contributed by atoms with E-state index in [4.69, 9.17) is 23.2 Å². The predicted molar refractivity (Wildman–Crippen MR) is 99.3 cm³/mol. The first kappa shape index (κ1) is 17.0. The lowest BCUT2D eigenvalue weighted by atomic mass is 10.2. The number of hydrogen-bond donors (Lipinski definition) is 1. The molecule has 0 saturated heterocycles. The normalized spacial score (nSPS) is 14.6. The van der Waals surface area contributed by atoms with Gasteiger partial charge in [-0.25, -0.2) is 4.90 Å². The second-order valence-electron chi connectivity index (χ2n) is 5.20. The molecule has 1 aliphatic rings. The maximum absolute atomic E-state index is 12.6. The van der Waals surface area contributed by atoms with E-state index in [2.05, 4.69) is 21.2 Å². The molecule has 0 aromatic heterocycles. The number of nitrogens with zero attached hydrogens (tertiary/aromatic N) is 1. The minimum absolute atomic E-state index is 0.0423. The maximum Gasteiger partial charge on any atom is 0.283 e. The topological polar surface area (TPSA) is 49.4 Å². The van der Waals surface area contributed by atoms with Crippen molar-refractivity contribution in [2.45, 2.75) is 6.92 Å². The Balaban J connectivity index is 1.92. The molecule has 4 nitrogen and oxygen atoms in total. The molecule has 122 valence electrons. The van der Waals surface area contributed by atoms with Crippen molar-refractivity contribution in [3.05, 3.63) is 68.3 Å². The Kier molecular flexibility index (Phi) is 4.67. The summed E-state index contributed by atoms with van der Waals surface area (Å²) < 4.78 is 0.901. The molecule has 2 aromatic rings. The van der Waals surface area contributed by atoms with Crippen LogP contribution in [0.25, 0.3) is 0 Å². The Labute approximate surface area is 157 Å². The van der Waals surface area contributed by atoms with Crippen LogP contribution in [0.1, 0.15) is 5.56 Å². The molecule has 0 radical (unpaired) electrons. The smallest absolute Gasteiger partial charge is 0.283 e. The third-order valence-corrected chi connectivity index (χ3v) is 4.84. The van der Waals surface area contributed by atoms with Crippen molar-refractivity contribution in [2.24, 2.45) is 0 Å². The zero-order valence-corrected chi connectivity index (χ0v) is 15.5. The van der Waals surface area contributed by atoms with E-state index < -0.39 is 11.8 Å². The predicted octanol–water partition coefficient (Wildman–Crippen LogP) is 4.85. The number of carbonyl (C=O) groups is 2. The highest BCUT2D eigenvalue weighted by atomic mass is 79.9. The Morgan fingerprint density at radius 1 is 1.00 bits per heavy atom. The average molecular weight is 426 g/mol. The summed E-state index contributed by atoms with van der Waals surface area (Å²) in [5, 5.41) is 3.22. The molecule has 0 aliphatic carbocycles.